The van der Waals surface area contributed by atoms with E-state index in [-0.39, 0.29) is 12.8 Å². The molecule has 0 saturated heterocycles. The van der Waals surface area contributed by atoms with Crippen LogP contribution in [0.1, 0.15) is 5.56 Å². The van der Waals surface area contributed by atoms with Crippen molar-refractivity contribution in [2.45, 2.75) is 0 Å². The Balaban J connectivity index is 1.37. The fourth-order valence-electron chi connectivity index (χ4n) is 2.88. The van der Waals surface area contributed by atoms with Crippen molar-refractivity contribution in [2.75, 3.05) is 30.5 Å². The maximum Gasteiger partial charge on any atom is 0.319 e. The molecule has 146 valence electrons. The van der Waals surface area contributed by atoms with Crippen molar-refractivity contribution in [1.29, 1.82) is 5.26 Å². The summed E-state index contributed by atoms with van der Waals surface area (Å²) in [5, 5.41) is 19.3. The molecule has 1 aliphatic rings. The molecule has 3 aromatic rings. The lowest BCUT2D eigenvalue weighted by Gasteiger charge is -2.11. The van der Waals surface area contributed by atoms with Gasteiger partial charge in [0.1, 0.15) is 11.9 Å². The van der Waals surface area contributed by atoms with Gasteiger partial charge >= 0.3 is 6.03 Å². The van der Waals surface area contributed by atoms with Crippen molar-refractivity contribution in [3.05, 3.63) is 53.1 Å². The van der Waals surface area contributed by atoms with Crippen LogP contribution in [-0.4, -0.2) is 30.9 Å². The lowest BCUT2D eigenvalue weighted by Crippen LogP contribution is -2.32. The molecule has 0 radical (unpaired) electrons. The summed E-state index contributed by atoms with van der Waals surface area (Å²) in [6, 6.07) is 14.0. The third-order valence-electron chi connectivity index (χ3n) is 4.22. The second-order valence-electron chi connectivity index (χ2n) is 6.21. The van der Waals surface area contributed by atoms with Gasteiger partial charge < -0.3 is 25.4 Å². The summed E-state index contributed by atoms with van der Waals surface area (Å²) in [4.78, 5) is 16.5. The Bertz CT molecular complexity index is 1130. The van der Waals surface area contributed by atoms with Gasteiger partial charge in [-0.2, -0.15) is 5.26 Å². The van der Waals surface area contributed by atoms with Gasteiger partial charge in [-0.3, -0.25) is 0 Å². The van der Waals surface area contributed by atoms with E-state index < -0.39 is 0 Å². The second-order valence-corrected chi connectivity index (χ2v) is 6.65. The van der Waals surface area contributed by atoms with Gasteiger partial charge in [-0.25, -0.2) is 9.78 Å². The first-order chi connectivity index (χ1) is 14.1. The third kappa shape index (κ3) is 4.25. The number of carbonyl (C=O) groups excluding carboxylic acids is 1. The van der Waals surface area contributed by atoms with E-state index in [1.165, 1.54) is 0 Å². The van der Waals surface area contributed by atoms with Gasteiger partial charge in [0.15, 0.2) is 11.5 Å². The molecule has 0 aliphatic carbocycles. The first kappa shape index (κ1) is 18.7. The fourth-order valence-corrected chi connectivity index (χ4v) is 3.07. The second kappa shape index (κ2) is 8.12. The molecule has 29 heavy (non-hydrogen) atoms. The van der Waals surface area contributed by atoms with E-state index in [1.807, 2.05) is 0 Å². The summed E-state index contributed by atoms with van der Waals surface area (Å²) in [7, 11) is 0. The van der Waals surface area contributed by atoms with Gasteiger partial charge in [0.05, 0.1) is 11.1 Å². The lowest BCUT2D eigenvalue weighted by molar-refractivity contribution is 0.174. The minimum atomic E-state index is -0.353. The SMILES string of the molecule is N#Cc1cc2cc3c(cc2nc1NCCNC(=O)Nc1cccc(Cl)c1)OCO3. The Morgan fingerprint density at radius 3 is 2.79 bits per heavy atom. The molecule has 0 atom stereocenters. The molecule has 3 N–H and O–H groups in total. The van der Waals surface area contributed by atoms with Crippen LogP contribution in [0.25, 0.3) is 10.9 Å². The molecular formula is C20H16ClN5O3. The molecule has 0 unspecified atom stereocenters. The Labute approximate surface area is 171 Å². The molecule has 0 saturated carbocycles. The summed E-state index contributed by atoms with van der Waals surface area (Å²) < 4.78 is 10.7. The van der Waals surface area contributed by atoms with E-state index in [2.05, 4.69) is 27.0 Å². The van der Waals surface area contributed by atoms with Crippen LogP contribution in [0.5, 0.6) is 11.5 Å². The zero-order chi connectivity index (χ0) is 20.2. The van der Waals surface area contributed by atoms with E-state index in [0.717, 1.165) is 5.39 Å². The first-order valence-electron chi connectivity index (χ1n) is 8.81. The number of hydrogen-bond donors (Lipinski definition) is 3. The topological polar surface area (TPSA) is 108 Å². The van der Waals surface area contributed by atoms with Crippen LogP contribution in [0, 0.1) is 11.3 Å². The van der Waals surface area contributed by atoms with Crippen molar-refractivity contribution in [3.8, 4) is 17.6 Å². The van der Waals surface area contributed by atoms with E-state index in [4.69, 9.17) is 21.1 Å². The van der Waals surface area contributed by atoms with Crippen molar-refractivity contribution in [2.24, 2.45) is 0 Å². The first-order valence-corrected chi connectivity index (χ1v) is 9.19. The minimum Gasteiger partial charge on any atom is -0.454 e. The number of carbonyl (C=O) groups is 1. The predicted octanol–water partition coefficient (Wildman–Crippen LogP) is 3.72. The van der Waals surface area contributed by atoms with Gasteiger partial charge in [-0.05, 0) is 30.3 Å². The quantitative estimate of drug-likeness (QED) is 0.554. The fraction of sp³-hybridized carbons (Fsp3) is 0.150. The molecule has 9 heteroatoms. The number of nitrogens with zero attached hydrogens (tertiary/aromatic N) is 2. The van der Waals surface area contributed by atoms with E-state index in [9.17, 15) is 10.1 Å². The highest BCUT2D eigenvalue weighted by Gasteiger charge is 2.16. The van der Waals surface area contributed by atoms with Gasteiger partial charge in [0.2, 0.25) is 6.79 Å². The monoisotopic (exact) mass is 409 g/mol. The number of anilines is 2. The van der Waals surface area contributed by atoms with Crippen LogP contribution in [0.4, 0.5) is 16.3 Å². The number of nitriles is 1. The molecule has 2 amide bonds. The summed E-state index contributed by atoms with van der Waals surface area (Å²) in [6.45, 7) is 0.892. The van der Waals surface area contributed by atoms with Gasteiger partial charge in [-0.15, -0.1) is 0 Å². The highest BCUT2D eigenvalue weighted by atomic mass is 35.5. The van der Waals surface area contributed by atoms with E-state index >= 15 is 0 Å². The van der Waals surface area contributed by atoms with Gasteiger partial charge in [-0.1, -0.05) is 17.7 Å². The molecule has 0 bridgehead atoms. The normalized spacial score (nSPS) is 11.7. The van der Waals surface area contributed by atoms with Crippen LogP contribution in [0.3, 0.4) is 0 Å². The lowest BCUT2D eigenvalue weighted by atomic mass is 10.1. The largest absolute Gasteiger partial charge is 0.454 e. The molecule has 8 nitrogen and oxygen atoms in total. The zero-order valence-corrected chi connectivity index (χ0v) is 15.9. The van der Waals surface area contributed by atoms with Crippen LogP contribution >= 0.6 is 11.6 Å². The predicted molar refractivity (Wildman–Crippen MR) is 110 cm³/mol. The maximum absolute atomic E-state index is 12.0. The smallest absolute Gasteiger partial charge is 0.319 e. The molecule has 2 aromatic carbocycles. The van der Waals surface area contributed by atoms with Crippen LogP contribution in [-0.2, 0) is 0 Å². The van der Waals surface area contributed by atoms with E-state index in [1.54, 1.807) is 42.5 Å². The summed E-state index contributed by atoms with van der Waals surface area (Å²) in [6.07, 6.45) is 0. The Hall–Kier alpha value is -3.70. The average molecular weight is 410 g/mol. The molecule has 1 aliphatic heterocycles. The van der Waals surface area contributed by atoms with Crippen molar-refractivity contribution >= 4 is 40.0 Å². The van der Waals surface area contributed by atoms with Crippen LogP contribution < -0.4 is 25.4 Å². The number of halogens is 1. The van der Waals surface area contributed by atoms with E-state index in [0.29, 0.717) is 52.2 Å². The zero-order valence-electron chi connectivity index (χ0n) is 15.2. The third-order valence-corrected chi connectivity index (χ3v) is 4.45. The van der Waals surface area contributed by atoms with Crippen molar-refractivity contribution < 1.29 is 14.3 Å². The number of urea groups is 1. The average Bonchev–Trinajstić information content (AvgIpc) is 3.16. The molecule has 0 fully saturated rings. The Morgan fingerprint density at radius 1 is 1.17 bits per heavy atom. The summed E-state index contributed by atoms with van der Waals surface area (Å²) in [5.41, 5.74) is 1.69. The minimum absolute atomic E-state index is 0.171. The maximum atomic E-state index is 12.0. The van der Waals surface area contributed by atoms with Crippen LogP contribution in [0.2, 0.25) is 5.02 Å². The molecule has 0 spiro atoms. The van der Waals surface area contributed by atoms with Gasteiger partial charge in [0.25, 0.3) is 0 Å². The number of fused-ring (bicyclic) bond motifs is 2. The molecule has 4 rings (SSSR count). The number of nitrogens with one attached hydrogen (secondary N) is 3. The van der Waals surface area contributed by atoms with Gasteiger partial charge in [0, 0.05) is 35.3 Å². The number of aromatic nitrogens is 1. The number of benzene rings is 2. The summed E-state index contributed by atoms with van der Waals surface area (Å²) in [5.74, 6) is 1.70. The number of hydrogen-bond acceptors (Lipinski definition) is 6. The molecular weight excluding hydrogens is 394 g/mol. The Kier molecular flexibility index (Phi) is 5.22. The molecule has 1 aromatic heterocycles. The van der Waals surface area contributed by atoms with Crippen molar-refractivity contribution in [1.82, 2.24) is 10.3 Å². The number of amides is 2. The summed E-state index contributed by atoms with van der Waals surface area (Å²) >= 11 is 5.89. The van der Waals surface area contributed by atoms with Crippen molar-refractivity contribution in [3.63, 3.8) is 0 Å². The standard InChI is InChI=1S/C20H16ClN5O3/c21-14-2-1-3-15(8-14)25-20(27)24-5-4-23-19-13(10-22)6-12-7-17-18(29-11-28-17)9-16(12)26-19/h1-3,6-9H,4-5,11H2,(H,23,26)(H2,24,25,27). The number of rotatable bonds is 5. The highest BCUT2D eigenvalue weighted by Crippen LogP contribution is 2.36. The van der Waals surface area contributed by atoms with Crippen LogP contribution in [0.15, 0.2) is 42.5 Å². The Morgan fingerprint density at radius 2 is 2.00 bits per heavy atom. The molecule has 2 heterocycles. The number of ether oxygens (including phenoxy) is 2. The number of pyridine rings is 1. The highest BCUT2D eigenvalue weighted by molar-refractivity contribution is 6.30.